The van der Waals surface area contributed by atoms with Crippen LogP contribution in [0.2, 0.25) is 0 Å². The van der Waals surface area contributed by atoms with Gasteiger partial charge in [0.15, 0.2) is 18.2 Å². The summed E-state index contributed by atoms with van der Waals surface area (Å²) in [7, 11) is -4.32. The normalized spacial score (nSPS) is 23.1. The molecule has 2 atom stereocenters. The molecule has 188 valence electrons. The molecule has 2 aromatic rings. The highest BCUT2D eigenvalue weighted by Crippen LogP contribution is 2.52. The van der Waals surface area contributed by atoms with Gasteiger partial charge in [-0.1, -0.05) is 32.9 Å². The van der Waals surface area contributed by atoms with E-state index in [-0.39, 0.29) is 34.0 Å². The number of amides is 1. The molecule has 0 aromatic heterocycles. The third-order valence-electron chi connectivity index (χ3n) is 6.65. The Balaban J connectivity index is 1.45. The number of carbonyl (C=O) groups is 2. The number of anilines is 1. The van der Waals surface area contributed by atoms with E-state index in [2.05, 4.69) is 25.5 Å². The van der Waals surface area contributed by atoms with Crippen molar-refractivity contribution < 1.29 is 31.5 Å². The highest BCUT2D eigenvalue weighted by Gasteiger charge is 2.51. The number of hydrogen-bond acceptors (Lipinski definition) is 5. The summed E-state index contributed by atoms with van der Waals surface area (Å²) in [6.45, 7) is 6.72. The van der Waals surface area contributed by atoms with Crippen molar-refractivity contribution in [1.82, 2.24) is 4.90 Å². The van der Waals surface area contributed by atoms with Crippen molar-refractivity contribution in [2.24, 2.45) is 10.8 Å². The summed E-state index contributed by atoms with van der Waals surface area (Å²) in [5.74, 6) is -3.67. The number of carbonyl (C=O) groups excluding carboxylic acids is 2. The molecule has 2 aromatic carbocycles. The number of esters is 1. The molecular weight excluding hydrogens is 478 g/mol. The van der Waals surface area contributed by atoms with E-state index in [0.29, 0.717) is 18.7 Å². The Hall–Kier alpha value is -3.01. The molecule has 10 heteroatoms. The van der Waals surface area contributed by atoms with E-state index >= 15 is 0 Å². The Morgan fingerprint density at radius 1 is 1.09 bits per heavy atom. The van der Waals surface area contributed by atoms with Crippen LogP contribution in [0.5, 0.6) is 0 Å². The number of para-hydroxylation sites is 1. The van der Waals surface area contributed by atoms with Crippen LogP contribution in [0.1, 0.15) is 50.4 Å². The van der Waals surface area contributed by atoms with Crippen molar-refractivity contribution >= 4 is 27.6 Å². The van der Waals surface area contributed by atoms with Crippen LogP contribution < -0.4 is 4.72 Å². The lowest BCUT2D eigenvalue weighted by Crippen LogP contribution is -2.39. The second kappa shape index (κ2) is 8.89. The van der Waals surface area contributed by atoms with Crippen LogP contribution in [-0.2, 0) is 19.6 Å². The number of fused-ring (bicyclic) bond motifs is 2. The molecule has 2 bridgehead atoms. The zero-order valence-electron chi connectivity index (χ0n) is 19.8. The lowest BCUT2D eigenvalue weighted by molar-refractivity contribution is -0.135. The van der Waals surface area contributed by atoms with E-state index in [1.807, 2.05) is 0 Å². The van der Waals surface area contributed by atoms with Crippen LogP contribution in [0.25, 0.3) is 0 Å². The molecule has 2 fully saturated rings. The van der Waals surface area contributed by atoms with Crippen molar-refractivity contribution in [3.05, 3.63) is 59.7 Å². The molecule has 1 amide bonds. The van der Waals surface area contributed by atoms with Crippen molar-refractivity contribution in [2.45, 2.75) is 51.0 Å². The zero-order valence-corrected chi connectivity index (χ0v) is 20.6. The summed E-state index contributed by atoms with van der Waals surface area (Å²) in [5.41, 5.74) is -0.0512. The number of sulfonamides is 1. The summed E-state index contributed by atoms with van der Waals surface area (Å²) < 4.78 is 59.5. The van der Waals surface area contributed by atoms with E-state index in [1.54, 1.807) is 4.90 Å². The molecule has 2 unspecified atom stereocenters. The molecule has 2 aliphatic rings. The van der Waals surface area contributed by atoms with Crippen LogP contribution in [-0.4, -0.2) is 44.4 Å². The Morgan fingerprint density at radius 2 is 1.80 bits per heavy atom. The predicted molar refractivity (Wildman–Crippen MR) is 125 cm³/mol. The van der Waals surface area contributed by atoms with E-state index in [4.69, 9.17) is 4.74 Å². The van der Waals surface area contributed by atoms with Crippen molar-refractivity contribution in [3.63, 3.8) is 0 Å². The fourth-order valence-electron chi connectivity index (χ4n) is 5.64. The van der Waals surface area contributed by atoms with Gasteiger partial charge in [-0.05, 0) is 60.4 Å². The monoisotopic (exact) mass is 506 g/mol. The summed E-state index contributed by atoms with van der Waals surface area (Å²) in [6, 6.07) is 7.96. The van der Waals surface area contributed by atoms with Gasteiger partial charge in [-0.25, -0.2) is 22.0 Å². The van der Waals surface area contributed by atoms with Crippen molar-refractivity contribution in [3.8, 4) is 0 Å². The maximum atomic E-state index is 13.5. The Kier molecular flexibility index (Phi) is 6.37. The number of nitrogens with zero attached hydrogens (tertiary/aromatic N) is 1. The molecule has 0 radical (unpaired) electrons. The fourth-order valence-corrected chi connectivity index (χ4v) is 6.73. The minimum Gasteiger partial charge on any atom is -0.452 e. The van der Waals surface area contributed by atoms with Gasteiger partial charge in [0.25, 0.3) is 15.9 Å². The van der Waals surface area contributed by atoms with Gasteiger partial charge in [-0.15, -0.1) is 0 Å². The molecule has 1 saturated heterocycles. The SMILES string of the molecule is CC1(C)CC2CC(C)(CN2C(=O)COC(=O)c2ccccc2NS(=O)(=O)c2ccc(F)c(F)c2)C1. The highest BCUT2D eigenvalue weighted by molar-refractivity contribution is 7.92. The third-order valence-corrected chi connectivity index (χ3v) is 8.02. The Labute approximate surface area is 203 Å². The standard InChI is InChI=1S/C25H28F2N2O5S/c1-24(2)11-16-12-25(3,14-24)15-29(16)22(30)13-34-23(31)18-6-4-5-7-21(18)28-35(32,33)17-8-9-19(26)20(27)10-17/h4-10,16,28H,11-15H2,1-3H3. The smallest absolute Gasteiger partial charge is 0.340 e. The number of ether oxygens (including phenoxy) is 1. The van der Waals surface area contributed by atoms with Crippen molar-refractivity contribution in [1.29, 1.82) is 0 Å². The largest absolute Gasteiger partial charge is 0.452 e. The summed E-state index contributed by atoms with van der Waals surface area (Å²) in [5, 5.41) is 0. The molecule has 1 saturated carbocycles. The number of likely N-dealkylation sites (tertiary alicyclic amines) is 1. The topological polar surface area (TPSA) is 92.8 Å². The first-order chi connectivity index (χ1) is 16.3. The molecule has 1 heterocycles. The average Bonchev–Trinajstić information content (AvgIpc) is 3.02. The van der Waals surface area contributed by atoms with Gasteiger partial charge in [0, 0.05) is 12.6 Å². The molecule has 0 spiro atoms. The Morgan fingerprint density at radius 3 is 2.51 bits per heavy atom. The minimum atomic E-state index is -4.32. The van der Waals surface area contributed by atoms with E-state index in [9.17, 15) is 26.8 Å². The average molecular weight is 507 g/mol. The van der Waals surface area contributed by atoms with Crippen LogP contribution in [0, 0.1) is 22.5 Å². The fraction of sp³-hybridized carbons (Fsp3) is 0.440. The number of rotatable bonds is 6. The van der Waals surface area contributed by atoms with Gasteiger partial charge < -0.3 is 9.64 Å². The number of halogens is 2. The molecule has 1 N–H and O–H groups in total. The number of benzene rings is 2. The molecule has 35 heavy (non-hydrogen) atoms. The first-order valence-corrected chi connectivity index (χ1v) is 12.8. The first-order valence-electron chi connectivity index (χ1n) is 11.3. The van der Waals surface area contributed by atoms with E-state index < -0.39 is 39.1 Å². The van der Waals surface area contributed by atoms with Gasteiger partial charge in [0.05, 0.1) is 16.1 Å². The highest BCUT2D eigenvalue weighted by atomic mass is 32.2. The molecule has 7 nitrogen and oxygen atoms in total. The van der Waals surface area contributed by atoms with Crippen LogP contribution in [0.3, 0.4) is 0 Å². The second-order valence-electron chi connectivity index (χ2n) is 10.5. The number of nitrogens with one attached hydrogen (secondary N) is 1. The van der Waals surface area contributed by atoms with Gasteiger partial charge in [-0.2, -0.15) is 0 Å². The number of hydrogen-bond donors (Lipinski definition) is 1. The lowest BCUT2D eigenvalue weighted by Gasteiger charge is -2.39. The molecule has 1 aliphatic heterocycles. The predicted octanol–water partition coefficient (Wildman–Crippen LogP) is 4.35. The molecule has 1 aliphatic carbocycles. The van der Waals surface area contributed by atoms with Gasteiger partial charge in [0.1, 0.15) is 0 Å². The van der Waals surface area contributed by atoms with Crippen molar-refractivity contribution in [2.75, 3.05) is 17.9 Å². The summed E-state index contributed by atoms with van der Waals surface area (Å²) in [6.07, 6.45) is 2.83. The van der Waals surface area contributed by atoms with Crippen LogP contribution in [0.15, 0.2) is 47.4 Å². The van der Waals surface area contributed by atoms with Gasteiger partial charge >= 0.3 is 5.97 Å². The summed E-state index contributed by atoms with van der Waals surface area (Å²) >= 11 is 0. The second-order valence-corrected chi connectivity index (χ2v) is 12.2. The van der Waals surface area contributed by atoms with Gasteiger partial charge in [-0.3, -0.25) is 9.52 Å². The maximum absolute atomic E-state index is 13.5. The Bertz CT molecular complexity index is 1280. The lowest BCUT2D eigenvalue weighted by atomic mass is 9.65. The zero-order chi connectivity index (χ0) is 25.6. The molecular formula is C25H28F2N2O5S. The van der Waals surface area contributed by atoms with E-state index in [1.165, 1.54) is 24.3 Å². The first kappa shape index (κ1) is 25.1. The van der Waals surface area contributed by atoms with E-state index in [0.717, 1.165) is 25.3 Å². The maximum Gasteiger partial charge on any atom is 0.340 e. The minimum absolute atomic E-state index is 0.0385. The van der Waals surface area contributed by atoms with Crippen LogP contribution >= 0.6 is 0 Å². The quantitative estimate of drug-likeness (QED) is 0.588. The third kappa shape index (κ3) is 5.32. The van der Waals surface area contributed by atoms with Gasteiger partial charge in [0.2, 0.25) is 0 Å². The summed E-state index contributed by atoms with van der Waals surface area (Å²) in [4.78, 5) is 27.0. The van der Waals surface area contributed by atoms with Crippen LogP contribution in [0.4, 0.5) is 14.5 Å². The molecule has 4 rings (SSSR count).